The Labute approximate surface area is 167 Å². The Morgan fingerprint density at radius 2 is 2.15 bits per heavy atom. The van der Waals surface area contributed by atoms with E-state index in [1.165, 1.54) is 16.9 Å². The zero-order valence-corrected chi connectivity index (χ0v) is 17.6. The number of aromatic nitrogens is 2. The summed E-state index contributed by atoms with van der Waals surface area (Å²) in [6.45, 7) is 8.71. The van der Waals surface area contributed by atoms with Crippen LogP contribution in [0.3, 0.4) is 0 Å². The van der Waals surface area contributed by atoms with Crippen molar-refractivity contribution in [3.63, 3.8) is 0 Å². The van der Waals surface area contributed by atoms with E-state index < -0.39 is 0 Å². The highest BCUT2D eigenvalue weighted by atomic mass is 32.2. The van der Waals surface area contributed by atoms with Crippen LogP contribution in [0.25, 0.3) is 0 Å². The predicted octanol–water partition coefficient (Wildman–Crippen LogP) is 4.04. The molecule has 2 unspecified atom stereocenters. The number of hydrogen-bond donors (Lipinski definition) is 1. The standard InChI is InChI=1S/C19H24N4O2S2/c1-5-13(4)26-19-22-21-18(27-19)20-17(25)14-9-16(24)23(10-14)15-7-6-11(2)12(3)8-15/h6-8,13-14H,5,9-10H2,1-4H3,(H,20,21,25). The minimum absolute atomic E-state index is 0.0244. The Bertz CT molecular complexity index is 852. The van der Waals surface area contributed by atoms with Crippen molar-refractivity contribution in [3.05, 3.63) is 29.3 Å². The summed E-state index contributed by atoms with van der Waals surface area (Å²) in [6, 6.07) is 5.93. The maximum atomic E-state index is 12.6. The fourth-order valence-corrected chi connectivity index (χ4v) is 4.80. The van der Waals surface area contributed by atoms with E-state index in [9.17, 15) is 9.59 Å². The third-order valence-corrected chi connectivity index (χ3v) is 7.00. The van der Waals surface area contributed by atoms with Crippen LogP contribution in [0.4, 0.5) is 10.8 Å². The van der Waals surface area contributed by atoms with Gasteiger partial charge in [0.25, 0.3) is 0 Å². The summed E-state index contributed by atoms with van der Waals surface area (Å²) < 4.78 is 0.846. The Morgan fingerprint density at radius 3 is 2.85 bits per heavy atom. The molecule has 144 valence electrons. The van der Waals surface area contributed by atoms with Crippen molar-refractivity contribution in [1.29, 1.82) is 0 Å². The third-order valence-electron chi connectivity index (χ3n) is 4.81. The van der Waals surface area contributed by atoms with E-state index in [1.807, 2.05) is 32.0 Å². The first kappa shape index (κ1) is 19.8. The number of anilines is 2. The number of nitrogens with one attached hydrogen (secondary N) is 1. The van der Waals surface area contributed by atoms with Gasteiger partial charge in [0.2, 0.25) is 16.9 Å². The van der Waals surface area contributed by atoms with Crippen LogP contribution in [-0.4, -0.2) is 33.8 Å². The minimum atomic E-state index is -0.381. The van der Waals surface area contributed by atoms with Gasteiger partial charge in [-0.1, -0.05) is 43.0 Å². The number of carbonyl (C=O) groups excluding carboxylic acids is 2. The summed E-state index contributed by atoms with van der Waals surface area (Å²) in [6.07, 6.45) is 1.26. The van der Waals surface area contributed by atoms with Gasteiger partial charge in [-0.2, -0.15) is 0 Å². The molecule has 0 aliphatic carbocycles. The van der Waals surface area contributed by atoms with E-state index in [-0.39, 0.29) is 24.2 Å². The van der Waals surface area contributed by atoms with Crippen LogP contribution in [0.5, 0.6) is 0 Å². The number of aryl methyl sites for hydroxylation is 2. The number of rotatable bonds is 6. The lowest BCUT2D eigenvalue weighted by molar-refractivity contribution is -0.122. The van der Waals surface area contributed by atoms with Gasteiger partial charge in [-0.05, 0) is 43.5 Å². The molecular formula is C19H24N4O2S2. The number of hydrogen-bond acceptors (Lipinski definition) is 6. The second kappa shape index (κ2) is 8.39. The summed E-state index contributed by atoms with van der Waals surface area (Å²) >= 11 is 3.03. The summed E-state index contributed by atoms with van der Waals surface area (Å²) in [4.78, 5) is 26.7. The maximum absolute atomic E-state index is 12.6. The molecule has 2 heterocycles. The van der Waals surface area contributed by atoms with Crippen LogP contribution in [0, 0.1) is 19.8 Å². The van der Waals surface area contributed by atoms with Gasteiger partial charge in [0.05, 0.1) is 5.92 Å². The molecule has 1 N–H and O–H groups in total. The average Bonchev–Trinajstić information content (AvgIpc) is 3.23. The van der Waals surface area contributed by atoms with Crippen molar-refractivity contribution < 1.29 is 9.59 Å². The highest BCUT2D eigenvalue weighted by Crippen LogP contribution is 2.31. The zero-order valence-electron chi connectivity index (χ0n) is 16.0. The average molecular weight is 405 g/mol. The molecule has 2 amide bonds. The summed E-state index contributed by atoms with van der Waals surface area (Å²) in [7, 11) is 0. The number of carbonyl (C=O) groups is 2. The van der Waals surface area contributed by atoms with Gasteiger partial charge in [-0.3, -0.25) is 9.59 Å². The van der Waals surface area contributed by atoms with Crippen molar-refractivity contribution in [3.8, 4) is 0 Å². The van der Waals surface area contributed by atoms with Gasteiger partial charge in [0, 0.05) is 23.9 Å². The number of amides is 2. The van der Waals surface area contributed by atoms with E-state index >= 15 is 0 Å². The fraction of sp³-hybridized carbons (Fsp3) is 0.474. The molecule has 0 spiro atoms. The Kier molecular flexibility index (Phi) is 6.16. The van der Waals surface area contributed by atoms with Crippen molar-refractivity contribution in [2.45, 2.75) is 50.1 Å². The number of benzene rings is 1. The molecule has 0 saturated carbocycles. The van der Waals surface area contributed by atoms with E-state index in [0.29, 0.717) is 16.9 Å². The van der Waals surface area contributed by atoms with E-state index in [0.717, 1.165) is 22.0 Å². The second-order valence-corrected chi connectivity index (χ2v) is 9.54. The molecule has 27 heavy (non-hydrogen) atoms. The van der Waals surface area contributed by atoms with Gasteiger partial charge >= 0.3 is 0 Å². The van der Waals surface area contributed by atoms with Crippen LogP contribution >= 0.6 is 23.1 Å². The highest BCUT2D eigenvalue weighted by molar-refractivity contribution is 8.01. The molecule has 2 aromatic rings. The smallest absolute Gasteiger partial charge is 0.231 e. The minimum Gasteiger partial charge on any atom is -0.312 e. The van der Waals surface area contributed by atoms with Crippen molar-refractivity contribution in [2.24, 2.45) is 5.92 Å². The van der Waals surface area contributed by atoms with Crippen LogP contribution in [0.2, 0.25) is 0 Å². The van der Waals surface area contributed by atoms with Crippen molar-refractivity contribution in [1.82, 2.24) is 10.2 Å². The Balaban J connectivity index is 1.63. The lowest BCUT2D eigenvalue weighted by atomic mass is 10.1. The quantitative estimate of drug-likeness (QED) is 0.581. The highest BCUT2D eigenvalue weighted by Gasteiger charge is 2.35. The zero-order chi connectivity index (χ0) is 19.6. The first-order valence-electron chi connectivity index (χ1n) is 9.06. The molecule has 1 aromatic carbocycles. The van der Waals surface area contributed by atoms with Gasteiger partial charge in [-0.25, -0.2) is 0 Å². The van der Waals surface area contributed by atoms with Crippen LogP contribution < -0.4 is 10.2 Å². The van der Waals surface area contributed by atoms with Crippen molar-refractivity contribution >= 4 is 45.7 Å². The van der Waals surface area contributed by atoms with Gasteiger partial charge in [0.1, 0.15) is 0 Å². The van der Waals surface area contributed by atoms with E-state index in [2.05, 4.69) is 29.4 Å². The molecule has 2 atom stereocenters. The monoisotopic (exact) mass is 404 g/mol. The lowest BCUT2D eigenvalue weighted by Gasteiger charge is -2.17. The molecule has 1 fully saturated rings. The van der Waals surface area contributed by atoms with Crippen LogP contribution in [0.15, 0.2) is 22.5 Å². The topological polar surface area (TPSA) is 75.2 Å². The molecule has 3 rings (SSSR count). The first-order valence-corrected chi connectivity index (χ1v) is 10.8. The van der Waals surface area contributed by atoms with E-state index in [4.69, 9.17) is 0 Å². The maximum Gasteiger partial charge on any atom is 0.231 e. The molecule has 0 bridgehead atoms. The molecule has 6 nitrogen and oxygen atoms in total. The third kappa shape index (κ3) is 4.68. The number of nitrogens with zero attached hydrogens (tertiary/aromatic N) is 3. The molecule has 1 aliphatic heterocycles. The lowest BCUT2D eigenvalue weighted by Crippen LogP contribution is -2.28. The normalized spacial score (nSPS) is 18.0. The molecule has 8 heteroatoms. The molecule has 1 saturated heterocycles. The van der Waals surface area contributed by atoms with Gasteiger partial charge in [-0.15, -0.1) is 10.2 Å². The SMILES string of the molecule is CCC(C)Sc1nnc(NC(=O)C2CC(=O)N(c3ccc(C)c(C)c3)C2)s1. The predicted molar refractivity (Wildman–Crippen MR) is 111 cm³/mol. The first-order chi connectivity index (χ1) is 12.9. The van der Waals surface area contributed by atoms with Crippen molar-refractivity contribution in [2.75, 3.05) is 16.8 Å². The summed E-state index contributed by atoms with van der Waals surface area (Å²) in [5, 5.41) is 11.9. The molecule has 1 aromatic heterocycles. The largest absolute Gasteiger partial charge is 0.312 e. The van der Waals surface area contributed by atoms with Gasteiger partial charge in [0.15, 0.2) is 4.34 Å². The summed E-state index contributed by atoms with van der Waals surface area (Å²) in [5.74, 6) is -0.580. The Hall–Kier alpha value is -1.93. The fourth-order valence-electron chi connectivity index (χ4n) is 2.80. The van der Waals surface area contributed by atoms with Crippen LogP contribution in [-0.2, 0) is 9.59 Å². The molecular weight excluding hydrogens is 380 g/mol. The van der Waals surface area contributed by atoms with E-state index in [1.54, 1.807) is 16.7 Å². The number of thioether (sulfide) groups is 1. The molecule has 0 radical (unpaired) electrons. The summed E-state index contributed by atoms with van der Waals surface area (Å²) in [5.41, 5.74) is 3.16. The van der Waals surface area contributed by atoms with Gasteiger partial charge < -0.3 is 10.2 Å². The second-order valence-electron chi connectivity index (χ2n) is 6.87. The Morgan fingerprint density at radius 1 is 1.37 bits per heavy atom. The molecule has 1 aliphatic rings. The van der Waals surface area contributed by atoms with Crippen LogP contribution in [0.1, 0.15) is 37.8 Å².